The van der Waals surface area contributed by atoms with E-state index >= 15 is 0 Å². The van der Waals surface area contributed by atoms with Crippen LogP contribution in [0.2, 0.25) is 0 Å². The number of nitro groups is 1. The summed E-state index contributed by atoms with van der Waals surface area (Å²) in [6.45, 7) is 3.99. The van der Waals surface area contributed by atoms with Crippen molar-refractivity contribution in [2.45, 2.75) is 32.3 Å². The van der Waals surface area contributed by atoms with Gasteiger partial charge in [-0.1, -0.05) is 0 Å². The van der Waals surface area contributed by atoms with Gasteiger partial charge in [-0.25, -0.2) is 0 Å². The molecule has 0 amide bonds. The van der Waals surface area contributed by atoms with Gasteiger partial charge in [0.15, 0.2) is 0 Å². The zero-order valence-corrected chi connectivity index (χ0v) is 8.82. The van der Waals surface area contributed by atoms with Crippen LogP contribution < -0.4 is 4.74 Å². The maximum Gasteiger partial charge on any atom is 0.273 e. The summed E-state index contributed by atoms with van der Waals surface area (Å²) in [4.78, 5) is 10.2. The maximum absolute atomic E-state index is 10.6. The molecular weight excluding hydrogens is 194 g/mol. The molecule has 1 aromatic rings. The monoisotopic (exact) mass is 207 g/mol. The normalized spacial score (nSPS) is 17.7. The van der Waals surface area contributed by atoms with Gasteiger partial charge in [-0.3, -0.25) is 10.1 Å². The number of hydrogen-bond acceptors (Lipinski definition) is 3. The van der Waals surface area contributed by atoms with E-state index in [0.29, 0.717) is 5.75 Å². The number of benzene rings is 1. The molecule has 0 spiro atoms. The Labute approximate surface area is 88.0 Å². The van der Waals surface area contributed by atoms with Crippen LogP contribution in [0.1, 0.15) is 25.8 Å². The van der Waals surface area contributed by atoms with Gasteiger partial charge in [-0.15, -0.1) is 0 Å². The lowest BCUT2D eigenvalue weighted by molar-refractivity contribution is -0.385. The second-order valence-electron chi connectivity index (χ2n) is 4.41. The Morgan fingerprint density at radius 1 is 1.47 bits per heavy atom. The fourth-order valence-corrected chi connectivity index (χ4v) is 1.74. The third-order valence-electron chi connectivity index (χ3n) is 2.64. The van der Waals surface area contributed by atoms with Crippen LogP contribution in [0.3, 0.4) is 0 Å². The second kappa shape index (κ2) is 3.22. The van der Waals surface area contributed by atoms with Crippen LogP contribution in [-0.2, 0) is 6.42 Å². The average Bonchev–Trinajstić information content (AvgIpc) is 2.15. The molecule has 80 valence electrons. The standard InChI is InChI=1S/C11H13NO3/c1-11(2)6-5-8-3-4-9(12(13)14)7-10(8)15-11/h3-4,7H,5-6H2,1-2H3. The molecule has 1 aliphatic rings. The molecule has 4 nitrogen and oxygen atoms in total. The van der Waals surface area contributed by atoms with E-state index in [0.717, 1.165) is 18.4 Å². The van der Waals surface area contributed by atoms with Gasteiger partial charge in [-0.05, 0) is 38.3 Å². The molecule has 0 unspecified atom stereocenters. The van der Waals surface area contributed by atoms with Gasteiger partial charge < -0.3 is 4.74 Å². The number of hydrogen-bond donors (Lipinski definition) is 0. The molecule has 4 heteroatoms. The number of non-ortho nitro benzene ring substituents is 1. The predicted octanol–water partition coefficient (Wildman–Crippen LogP) is 2.70. The molecule has 1 heterocycles. The molecule has 0 aromatic heterocycles. The van der Waals surface area contributed by atoms with Crippen molar-refractivity contribution in [3.63, 3.8) is 0 Å². The number of nitro benzene ring substituents is 1. The number of nitrogens with zero attached hydrogens (tertiary/aromatic N) is 1. The van der Waals surface area contributed by atoms with Crippen molar-refractivity contribution in [2.75, 3.05) is 0 Å². The van der Waals surface area contributed by atoms with Crippen LogP contribution in [0, 0.1) is 10.1 Å². The predicted molar refractivity (Wildman–Crippen MR) is 56.1 cm³/mol. The van der Waals surface area contributed by atoms with E-state index in [1.807, 2.05) is 13.8 Å². The number of rotatable bonds is 1. The van der Waals surface area contributed by atoms with E-state index in [2.05, 4.69) is 0 Å². The summed E-state index contributed by atoms with van der Waals surface area (Å²) in [6.07, 6.45) is 1.86. The lowest BCUT2D eigenvalue weighted by Gasteiger charge is -2.32. The molecular formula is C11H13NO3. The van der Waals surface area contributed by atoms with E-state index < -0.39 is 4.92 Å². The fraction of sp³-hybridized carbons (Fsp3) is 0.455. The van der Waals surface area contributed by atoms with Crippen molar-refractivity contribution >= 4 is 5.69 Å². The van der Waals surface area contributed by atoms with Crippen LogP contribution in [0.25, 0.3) is 0 Å². The van der Waals surface area contributed by atoms with Crippen LogP contribution >= 0.6 is 0 Å². The van der Waals surface area contributed by atoms with Gasteiger partial charge in [-0.2, -0.15) is 0 Å². The highest BCUT2D eigenvalue weighted by Gasteiger charge is 2.27. The lowest BCUT2D eigenvalue weighted by atomic mass is 9.94. The highest BCUT2D eigenvalue weighted by atomic mass is 16.6. The first-order valence-corrected chi connectivity index (χ1v) is 4.94. The molecule has 1 aromatic carbocycles. The molecule has 0 N–H and O–H groups in total. The summed E-state index contributed by atoms with van der Waals surface area (Å²) >= 11 is 0. The van der Waals surface area contributed by atoms with Crippen molar-refractivity contribution < 1.29 is 9.66 Å². The summed E-state index contributed by atoms with van der Waals surface area (Å²) in [5.74, 6) is 0.653. The van der Waals surface area contributed by atoms with Gasteiger partial charge in [0.2, 0.25) is 0 Å². The van der Waals surface area contributed by atoms with Crippen molar-refractivity contribution in [3.05, 3.63) is 33.9 Å². The Morgan fingerprint density at radius 3 is 2.87 bits per heavy atom. The first-order valence-electron chi connectivity index (χ1n) is 4.94. The van der Waals surface area contributed by atoms with Crippen LogP contribution in [-0.4, -0.2) is 10.5 Å². The minimum Gasteiger partial charge on any atom is -0.487 e. The Bertz CT molecular complexity index is 412. The summed E-state index contributed by atoms with van der Waals surface area (Å²) in [6, 6.07) is 4.82. The minimum atomic E-state index is -0.398. The number of ether oxygens (including phenoxy) is 1. The minimum absolute atomic E-state index is 0.0893. The third-order valence-corrected chi connectivity index (χ3v) is 2.64. The van der Waals surface area contributed by atoms with Crippen LogP contribution in [0.5, 0.6) is 5.75 Å². The van der Waals surface area contributed by atoms with Crippen molar-refractivity contribution in [2.24, 2.45) is 0 Å². The Hall–Kier alpha value is -1.58. The molecule has 0 saturated carbocycles. The molecule has 2 rings (SSSR count). The van der Waals surface area contributed by atoms with Gasteiger partial charge in [0.25, 0.3) is 5.69 Å². The molecule has 1 aliphatic heterocycles. The van der Waals surface area contributed by atoms with Gasteiger partial charge in [0, 0.05) is 6.07 Å². The smallest absolute Gasteiger partial charge is 0.273 e. The Morgan fingerprint density at radius 2 is 2.20 bits per heavy atom. The zero-order chi connectivity index (χ0) is 11.1. The highest BCUT2D eigenvalue weighted by Crippen LogP contribution is 2.35. The van der Waals surface area contributed by atoms with Crippen molar-refractivity contribution in [3.8, 4) is 5.75 Å². The topological polar surface area (TPSA) is 52.4 Å². The van der Waals surface area contributed by atoms with E-state index in [4.69, 9.17) is 4.74 Å². The fourth-order valence-electron chi connectivity index (χ4n) is 1.74. The van der Waals surface area contributed by atoms with E-state index in [9.17, 15) is 10.1 Å². The molecule has 0 bridgehead atoms. The number of aryl methyl sites for hydroxylation is 1. The van der Waals surface area contributed by atoms with Crippen molar-refractivity contribution in [1.29, 1.82) is 0 Å². The van der Waals surface area contributed by atoms with E-state index in [1.54, 1.807) is 6.07 Å². The van der Waals surface area contributed by atoms with Crippen molar-refractivity contribution in [1.82, 2.24) is 0 Å². The highest BCUT2D eigenvalue weighted by molar-refractivity contribution is 5.45. The van der Waals surface area contributed by atoms with Gasteiger partial charge >= 0.3 is 0 Å². The molecule has 15 heavy (non-hydrogen) atoms. The second-order valence-corrected chi connectivity index (χ2v) is 4.41. The molecule has 0 radical (unpaired) electrons. The van der Waals surface area contributed by atoms with E-state index in [1.165, 1.54) is 12.1 Å². The van der Waals surface area contributed by atoms with E-state index in [-0.39, 0.29) is 11.3 Å². The average molecular weight is 207 g/mol. The Kier molecular flexibility index (Phi) is 2.14. The zero-order valence-electron chi connectivity index (χ0n) is 8.82. The summed E-state index contributed by atoms with van der Waals surface area (Å²) in [7, 11) is 0. The number of fused-ring (bicyclic) bond motifs is 1. The van der Waals surface area contributed by atoms with Gasteiger partial charge in [0.1, 0.15) is 11.4 Å². The molecule has 0 saturated heterocycles. The van der Waals surface area contributed by atoms with Gasteiger partial charge in [0.05, 0.1) is 11.0 Å². The first kappa shape index (κ1) is 9.96. The quantitative estimate of drug-likeness (QED) is 0.525. The SMILES string of the molecule is CC1(C)CCc2ccc([N+](=O)[O-])cc2O1. The largest absolute Gasteiger partial charge is 0.487 e. The lowest BCUT2D eigenvalue weighted by Crippen LogP contribution is -2.32. The molecule has 0 fully saturated rings. The van der Waals surface area contributed by atoms with Crippen LogP contribution in [0.4, 0.5) is 5.69 Å². The third kappa shape index (κ3) is 1.93. The first-order chi connectivity index (χ1) is 6.98. The Balaban J connectivity index is 2.39. The summed E-state index contributed by atoms with van der Waals surface area (Å²) in [5.41, 5.74) is 0.925. The summed E-state index contributed by atoms with van der Waals surface area (Å²) < 4.78 is 5.71. The van der Waals surface area contributed by atoms with Crippen LogP contribution in [0.15, 0.2) is 18.2 Å². The maximum atomic E-state index is 10.6. The summed E-state index contributed by atoms with van der Waals surface area (Å²) in [5, 5.41) is 10.6. The molecule has 0 atom stereocenters. The molecule has 0 aliphatic carbocycles.